The topological polar surface area (TPSA) is 62.3 Å². The van der Waals surface area contributed by atoms with Crippen LogP contribution in [0.3, 0.4) is 0 Å². The smallest absolute Gasteiger partial charge is 0.410 e. The van der Waals surface area contributed by atoms with Crippen LogP contribution in [0.1, 0.15) is 31.7 Å². The zero-order chi connectivity index (χ0) is 20.3. The average Bonchev–Trinajstić information content (AvgIpc) is 3.18. The number of amides is 2. The van der Waals surface area contributed by atoms with Gasteiger partial charge in [-0.25, -0.2) is 9.59 Å². The standard InChI is InChI=1S/C22H31N3O4/c1-2-28-21(27)25-16-22(17-25)9-8-19(14-22)23-10-12-24(13-11-23)20(26)29-15-18-6-4-3-5-7-18/h3-7,19H,2,8-17H2,1H3. The molecule has 1 saturated carbocycles. The normalized spacial score (nSPS) is 23.7. The molecule has 29 heavy (non-hydrogen) atoms. The first kappa shape index (κ1) is 20.0. The molecule has 7 heteroatoms. The van der Waals surface area contributed by atoms with E-state index < -0.39 is 0 Å². The Bertz CT molecular complexity index is 712. The summed E-state index contributed by atoms with van der Waals surface area (Å²) in [6, 6.07) is 10.3. The van der Waals surface area contributed by atoms with Crippen molar-refractivity contribution in [2.45, 2.75) is 38.8 Å². The third-order valence-electron chi connectivity index (χ3n) is 6.55. The quantitative estimate of drug-likeness (QED) is 0.776. The maximum Gasteiger partial charge on any atom is 0.410 e. The first-order valence-electron chi connectivity index (χ1n) is 10.7. The van der Waals surface area contributed by atoms with Crippen molar-refractivity contribution in [2.24, 2.45) is 5.41 Å². The van der Waals surface area contributed by atoms with Crippen LogP contribution in [0.4, 0.5) is 9.59 Å². The minimum Gasteiger partial charge on any atom is -0.450 e. The first-order valence-corrected chi connectivity index (χ1v) is 10.7. The summed E-state index contributed by atoms with van der Waals surface area (Å²) in [5.74, 6) is 0. The van der Waals surface area contributed by atoms with Crippen molar-refractivity contribution in [3.8, 4) is 0 Å². The minimum atomic E-state index is -0.222. The lowest BCUT2D eigenvalue weighted by Crippen LogP contribution is -2.58. The molecule has 0 radical (unpaired) electrons. The highest BCUT2D eigenvalue weighted by atomic mass is 16.6. The average molecular weight is 402 g/mol. The minimum absolute atomic E-state index is 0.177. The molecular weight excluding hydrogens is 370 g/mol. The second-order valence-corrected chi connectivity index (χ2v) is 8.51. The van der Waals surface area contributed by atoms with Gasteiger partial charge in [0, 0.05) is 50.7 Å². The van der Waals surface area contributed by atoms with E-state index in [1.54, 1.807) is 0 Å². The fourth-order valence-electron chi connectivity index (χ4n) is 4.96. The number of rotatable bonds is 4. The third-order valence-corrected chi connectivity index (χ3v) is 6.55. The molecule has 3 fully saturated rings. The summed E-state index contributed by atoms with van der Waals surface area (Å²) < 4.78 is 10.6. The van der Waals surface area contributed by atoms with Crippen LogP contribution < -0.4 is 0 Å². The van der Waals surface area contributed by atoms with Gasteiger partial charge in [-0.3, -0.25) is 4.90 Å². The zero-order valence-corrected chi connectivity index (χ0v) is 17.2. The van der Waals surface area contributed by atoms with Crippen LogP contribution >= 0.6 is 0 Å². The number of ether oxygens (including phenoxy) is 2. The molecule has 1 atom stereocenters. The SMILES string of the molecule is CCOC(=O)N1CC2(CCC(N3CCN(C(=O)OCc4ccccc4)CC3)C2)C1. The number of hydrogen-bond donors (Lipinski definition) is 0. The lowest BCUT2D eigenvalue weighted by Gasteiger charge is -2.48. The predicted molar refractivity (Wildman–Crippen MR) is 108 cm³/mol. The lowest BCUT2D eigenvalue weighted by molar-refractivity contribution is -0.00488. The van der Waals surface area contributed by atoms with Gasteiger partial charge in [-0.05, 0) is 31.7 Å². The van der Waals surface area contributed by atoms with Gasteiger partial charge in [0.2, 0.25) is 0 Å². The molecule has 2 saturated heterocycles. The largest absolute Gasteiger partial charge is 0.450 e. The highest BCUT2D eigenvalue weighted by molar-refractivity contribution is 5.69. The number of carbonyl (C=O) groups excluding carboxylic acids is 2. The Hall–Kier alpha value is -2.28. The van der Waals surface area contributed by atoms with Crippen LogP contribution in [-0.4, -0.2) is 78.8 Å². The van der Waals surface area contributed by atoms with E-state index in [0.717, 1.165) is 38.2 Å². The van der Waals surface area contributed by atoms with Gasteiger partial charge in [0.15, 0.2) is 0 Å². The van der Waals surface area contributed by atoms with Gasteiger partial charge in [-0.2, -0.15) is 0 Å². The highest BCUT2D eigenvalue weighted by Crippen LogP contribution is 2.47. The zero-order valence-electron chi connectivity index (χ0n) is 17.2. The predicted octanol–water partition coefficient (Wildman–Crippen LogP) is 2.95. The molecule has 0 bridgehead atoms. The Morgan fingerprint density at radius 1 is 1.00 bits per heavy atom. The van der Waals surface area contributed by atoms with E-state index in [1.807, 2.05) is 47.1 Å². The molecule has 2 aliphatic heterocycles. The molecule has 3 aliphatic rings. The van der Waals surface area contributed by atoms with Crippen molar-refractivity contribution >= 4 is 12.2 Å². The van der Waals surface area contributed by atoms with E-state index in [1.165, 1.54) is 12.8 Å². The Morgan fingerprint density at radius 3 is 2.38 bits per heavy atom. The molecule has 1 aromatic rings. The van der Waals surface area contributed by atoms with Gasteiger partial charge in [0.1, 0.15) is 6.61 Å². The fraction of sp³-hybridized carbons (Fsp3) is 0.636. The van der Waals surface area contributed by atoms with Crippen molar-refractivity contribution in [1.29, 1.82) is 0 Å². The van der Waals surface area contributed by atoms with E-state index in [0.29, 0.717) is 32.3 Å². The Labute approximate surface area is 172 Å². The van der Waals surface area contributed by atoms with Crippen molar-refractivity contribution < 1.29 is 19.1 Å². The Morgan fingerprint density at radius 2 is 1.69 bits per heavy atom. The summed E-state index contributed by atoms with van der Waals surface area (Å²) in [6.45, 7) is 7.47. The molecule has 1 aromatic carbocycles. The molecule has 7 nitrogen and oxygen atoms in total. The van der Waals surface area contributed by atoms with Crippen molar-refractivity contribution in [2.75, 3.05) is 45.9 Å². The molecule has 1 aliphatic carbocycles. The number of hydrogen-bond acceptors (Lipinski definition) is 5. The van der Waals surface area contributed by atoms with Gasteiger partial charge in [0.25, 0.3) is 0 Å². The number of piperazine rings is 1. The fourth-order valence-corrected chi connectivity index (χ4v) is 4.96. The van der Waals surface area contributed by atoms with Crippen molar-refractivity contribution in [3.05, 3.63) is 35.9 Å². The Balaban J connectivity index is 1.19. The van der Waals surface area contributed by atoms with Gasteiger partial charge in [-0.15, -0.1) is 0 Å². The number of nitrogens with zero attached hydrogens (tertiary/aromatic N) is 3. The van der Waals surface area contributed by atoms with Gasteiger partial charge >= 0.3 is 12.2 Å². The summed E-state index contributed by atoms with van der Waals surface area (Å²) in [5.41, 5.74) is 1.29. The van der Waals surface area contributed by atoms with Crippen molar-refractivity contribution in [3.63, 3.8) is 0 Å². The van der Waals surface area contributed by atoms with Gasteiger partial charge < -0.3 is 19.3 Å². The molecule has 1 spiro atoms. The van der Waals surface area contributed by atoms with Crippen LogP contribution in [0.15, 0.2) is 30.3 Å². The number of likely N-dealkylation sites (tertiary alicyclic amines) is 1. The van der Waals surface area contributed by atoms with E-state index in [2.05, 4.69) is 4.90 Å². The molecule has 2 heterocycles. The first-order chi connectivity index (χ1) is 14.1. The van der Waals surface area contributed by atoms with Crippen LogP contribution in [-0.2, 0) is 16.1 Å². The second kappa shape index (κ2) is 8.61. The second-order valence-electron chi connectivity index (χ2n) is 8.51. The molecule has 0 aromatic heterocycles. The van der Waals surface area contributed by atoms with E-state index in [9.17, 15) is 9.59 Å². The summed E-state index contributed by atoms with van der Waals surface area (Å²) in [4.78, 5) is 30.3. The van der Waals surface area contributed by atoms with Crippen LogP contribution in [0, 0.1) is 5.41 Å². The van der Waals surface area contributed by atoms with E-state index in [-0.39, 0.29) is 17.6 Å². The molecule has 158 valence electrons. The maximum atomic E-state index is 12.3. The highest BCUT2D eigenvalue weighted by Gasteiger charge is 2.51. The lowest BCUT2D eigenvalue weighted by atomic mass is 9.78. The number of benzene rings is 1. The summed E-state index contributed by atoms with van der Waals surface area (Å²) in [6.07, 6.45) is 3.09. The molecule has 2 amide bonds. The molecular formula is C22H31N3O4. The third kappa shape index (κ3) is 4.50. The van der Waals surface area contributed by atoms with Crippen LogP contribution in [0.25, 0.3) is 0 Å². The molecule has 4 rings (SSSR count). The Kier molecular flexibility index (Phi) is 5.94. The monoisotopic (exact) mass is 401 g/mol. The van der Waals surface area contributed by atoms with Crippen LogP contribution in [0.2, 0.25) is 0 Å². The number of carbonyl (C=O) groups is 2. The van der Waals surface area contributed by atoms with E-state index in [4.69, 9.17) is 9.47 Å². The van der Waals surface area contributed by atoms with Crippen LogP contribution in [0.5, 0.6) is 0 Å². The summed E-state index contributed by atoms with van der Waals surface area (Å²) in [7, 11) is 0. The van der Waals surface area contributed by atoms with Gasteiger partial charge in [-0.1, -0.05) is 30.3 Å². The van der Waals surface area contributed by atoms with Gasteiger partial charge in [0.05, 0.1) is 6.61 Å². The van der Waals surface area contributed by atoms with Crippen molar-refractivity contribution in [1.82, 2.24) is 14.7 Å². The molecule has 1 unspecified atom stereocenters. The summed E-state index contributed by atoms with van der Waals surface area (Å²) >= 11 is 0. The maximum absolute atomic E-state index is 12.3. The summed E-state index contributed by atoms with van der Waals surface area (Å²) in [5, 5.41) is 0. The van der Waals surface area contributed by atoms with E-state index >= 15 is 0 Å². The molecule has 0 N–H and O–H groups in total.